The number of ether oxygens (including phenoxy) is 1. The molecular weight excluding hydrogens is 192 g/mol. The lowest BCUT2D eigenvalue weighted by atomic mass is 10.1. The first-order valence-corrected chi connectivity index (χ1v) is 4.83. The summed E-state index contributed by atoms with van der Waals surface area (Å²) in [6.45, 7) is 5.59. The van der Waals surface area contributed by atoms with Gasteiger partial charge in [0, 0.05) is 11.5 Å². The lowest BCUT2D eigenvalue weighted by Gasteiger charge is -1.89. The first kappa shape index (κ1) is 11.4. The van der Waals surface area contributed by atoms with Gasteiger partial charge in [0.15, 0.2) is 0 Å². The van der Waals surface area contributed by atoms with Gasteiger partial charge in [-0.3, -0.25) is 0 Å². The maximum absolute atomic E-state index is 10.9. The van der Waals surface area contributed by atoms with Crippen LogP contribution in [0.3, 0.4) is 0 Å². The SMILES string of the molecule is CC(C)C=O.Cc1c2cccc1C(=O)O2. The third-order valence-corrected chi connectivity index (χ3v) is 1.98. The van der Waals surface area contributed by atoms with Gasteiger partial charge < -0.3 is 9.53 Å². The minimum absolute atomic E-state index is 0.204. The predicted molar refractivity (Wildman–Crippen MR) is 57.0 cm³/mol. The van der Waals surface area contributed by atoms with Gasteiger partial charge in [0.2, 0.25) is 0 Å². The summed E-state index contributed by atoms with van der Waals surface area (Å²) in [5.41, 5.74) is 1.64. The maximum atomic E-state index is 10.9. The molecule has 0 atom stereocenters. The summed E-state index contributed by atoms with van der Waals surface area (Å²) >= 11 is 0. The Hall–Kier alpha value is -1.64. The lowest BCUT2D eigenvalue weighted by Crippen LogP contribution is -1.99. The van der Waals surface area contributed by atoms with E-state index < -0.39 is 0 Å². The summed E-state index contributed by atoms with van der Waals surface area (Å²) in [5.74, 6) is 0.676. The molecule has 1 aliphatic rings. The van der Waals surface area contributed by atoms with Crippen molar-refractivity contribution in [3.63, 3.8) is 0 Å². The van der Waals surface area contributed by atoms with Crippen LogP contribution in [-0.4, -0.2) is 12.3 Å². The third-order valence-electron chi connectivity index (χ3n) is 1.98. The maximum Gasteiger partial charge on any atom is 0.343 e. The number of carbonyl (C=O) groups excluding carboxylic acids is 2. The van der Waals surface area contributed by atoms with Gasteiger partial charge in [0.25, 0.3) is 0 Å². The fourth-order valence-corrected chi connectivity index (χ4v) is 1.10. The zero-order valence-electron chi connectivity index (χ0n) is 9.11. The van der Waals surface area contributed by atoms with E-state index in [4.69, 9.17) is 4.74 Å². The molecule has 1 aromatic rings. The molecule has 3 heteroatoms. The topological polar surface area (TPSA) is 43.4 Å². The molecular formula is C12H14O3. The van der Waals surface area contributed by atoms with E-state index in [0.717, 1.165) is 11.8 Å². The van der Waals surface area contributed by atoms with Crippen molar-refractivity contribution in [3.8, 4) is 5.75 Å². The zero-order chi connectivity index (χ0) is 11.4. The van der Waals surface area contributed by atoms with Crippen LogP contribution in [0, 0.1) is 12.8 Å². The Balaban J connectivity index is 0.000000195. The Morgan fingerprint density at radius 3 is 2.33 bits per heavy atom. The van der Waals surface area contributed by atoms with Crippen molar-refractivity contribution in [2.45, 2.75) is 20.8 Å². The lowest BCUT2D eigenvalue weighted by molar-refractivity contribution is -0.110. The zero-order valence-corrected chi connectivity index (χ0v) is 9.11. The Bertz CT molecular complexity index is 380. The van der Waals surface area contributed by atoms with Crippen LogP contribution < -0.4 is 4.74 Å². The summed E-state index contributed by atoms with van der Waals surface area (Å²) in [5, 5.41) is 0. The highest BCUT2D eigenvalue weighted by atomic mass is 16.5. The van der Waals surface area contributed by atoms with Crippen LogP contribution in [0.1, 0.15) is 29.8 Å². The van der Waals surface area contributed by atoms with E-state index in [1.165, 1.54) is 0 Å². The summed E-state index contributed by atoms with van der Waals surface area (Å²) in [4.78, 5) is 20.4. The Morgan fingerprint density at radius 1 is 1.33 bits per heavy atom. The molecule has 0 saturated heterocycles. The number of hydrogen-bond donors (Lipinski definition) is 0. The Kier molecular flexibility index (Phi) is 3.61. The molecule has 0 aliphatic carbocycles. The largest absolute Gasteiger partial charge is 0.423 e. The number of esters is 1. The molecule has 2 bridgehead atoms. The van der Waals surface area contributed by atoms with Crippen LogP contribution in [0.15, 0.2) is 18.2 Å². The summed E-state index contributed by atoms with van der Waals surface area (Å²) in [6, 6.07) is 5.39. The van der Waals surface area contributed by atoms with Crippen LogP contribution in [-0.2, 0) is 4.79 Å². The van der Waals surface area contributed by atoms with E-state index in [2.05, 4.69) is 0 Å². The smallest absolute Gasteiger partial charge is 0.343 e. The highest BCUT2D eigenvalue weighted by molar-refractivity contribution is 5.97. The number of aldehydes is 1. The normalized spacial score (nSPS) is 11.9. The fourth-order valence-electron chi connectivity index (χ4n) is 1.10. The molecule has 0 amide bonds. The minimum Gasteiger partial charge on any atom is -0.423 e. The number of benzene rings is 1. The number of rotatable bonds is 1. The van der Waals surface area contributed by atoms with Gasteiger partial charge in [-0.25, -0.2) is 4.79 Å². The van der Waals surface area contributed by atoms with Crippen molar-refractivity contribution < 1.29 is 14.3 Å². The summed E-state index contributed by atoms with van der Waals surface area (Å²) < 4.78 is 4.88. The molecule has 1 aliphatic heterocycles. The van der Waals surface area contributed by atoms with Crippen molar-refractivity contribution in [2.24, 2.45) is 5.92 Å². The van der Waals surface area contributed by atoms with Crippen LogP contribution in [0.2, 0.25) is 0 Å². The average Bonchev–Trinajstić information content (AvgIpc) is 2.41. The molecule has 2 rings (SSSR count). The molecule has 0 fully saturated rings. The van der Waals surface area contributed by atoms with Gasteiger partial charge in [0.1, 0.15) is 12.0 Å². The molecule has 15 heavy (non-hydrogen) atoms. The number of carbonyl (C=O) groups is 2. The number of hydrogen-bond acceptors (Lipinski definition) is 3. The van der Waals surface area contributed by atoms with Gasteiger partial charge >= 0.3 is 5.97 Å². The van der Waals surface area contributed by atoms with Crippen LogP contribution in [0.4, 0.5) is 0 Å². The van der Waals surface area contributed by atoms with Crippen LogP contribution in [0.5, 0.6) is 5.75 Å². The molecule has 80 valence electrons. The fraction of sp³-hybridized carbons (Fsp3) is 0.333. The van der Waals surface area contributed by atoms with Crippen molar-refractivity contribution in [3.05, 3.63) is 29.3 Å². The molecule has 1 heterocycles. The van der Waals surface area contributed by atoms with Crippen LogP contribution in [0.25, 0.3) is 0 Å². The Labute approximate surface area is 89.1 Å². The van der Waals surface area contributed by atoms with Crippen molar-refractivity contribution >= 4 is 12.3 Å². The van der Waals surface area contributed by atoms with E-state index in [9.17, 15) is 9.59 Å². The third kappa shape index (κ3) is 2.65. The number of fused-ring (bicyclic) bond motifs is 2. The molecule has 0 spiro atoms. The Morgan fingerprint density at radius 2 is 1.93 bits per heavy atom. The quantitative estimate of drug-likeness (QED) is 0.523. The van der Waals surface area contributed by atoms with Gasteiger partial charge in [0.05, 0.1) is 5.56 Å². The molecule has 0 radical (unpaired) electrons. The first-order valence-electron chi connectivity index (χ1n) is 4.83. The van der Waals surface area contributed by atoms with E-state index in [0.29, 0.717) is 11.3 Å². The second-order valence-corrected chi connectivity index (χ2v) is 3.70. The summed E-state index contributed by atoms with van der Waals surface area (Å²) in [7, 11) is 0. The summed E-state index contributed by atoms with van der Waals surface area (Å²) in [6.07, 6.45) is 0.917. The van der Waals surface area contributed by atoms with Gasteiger partial charge in [-0.2, -0.15) is 0 Å². The monoisotopic (exact) mass is 206 g/mol. The average molecular weight is 206 g/mol. The van der Waals surface area contributed by atoms with E-state index >= 15 is 0 Å². The van der Waals surface area contributed by atoms with E-state index in [1.54, 1.807) is 12.1 Å². The second-order valence-electron chi connectivity index (χ2n) is 3.70. The van der Waals surface area contributed by atoms with Crippen molar-refractivity contribution in [1.82, 2.24) is 0 Å². The molecule has 0 saturated carbocycles. The highest BCUT2D eigenvalue weighted by Gasteiger charge is 2.21. The van der Waals surface area contributed by atoms with Gasteiger partial charge in [-0.15, -0.1) is 0 Å². The van der Waals surface area contributed by atoms with Gasteiger partial charge in [-0.1, -0.05) is 19.9 Å². The molecule has 0 N–H and O–H groups in total. The minimum atomic E-state index is -0.225. The van der Waals surface area contributed by atoms with E-state index in [-0.39, 0.29) is 11.9 Å². The van der Waals surface area contributed by atoms with Gasteiger partial charge in [-0.05, 0) is 19.1 Å². The molecule has 0 aromatic heterocycles. The van der Waals surface area contributed by atoms with Crippen molar-refractivity contribution in [2.75, 3.05) is 0 Å². The van der Waals surface area contributed by atoms with Crippen molar-refractivity contribution in [1.29, 1.82) is 0 Å². The highest BCUT2D eigenvalue weighted by Crippen LogP contribution is 2.28. The first-order chi connectivity index (χ1) is 7.06. The predicted octanol–water partition coefficient (Wildman–Crippen LogP) is 2.37. The van der Waals surface area contributed by atoms with E-state index in [1.807, 2.05) is 26.8 Å². The standard InChI is InChI=1S/C8H6O2.C4H8O/c1-5-6-3-2-4-7(5)10-8(6)9;1-4(2)3-5/h2-4H,1H3;3-4H,1-2H3. The van der Waals surface area contributed by atoms with Crippen LogP contribution >= 0.6 is 0 Å². The molecule has 1 aromatic carbocycles. The molecule has 0 unspecified atom stereocenters. The second kappa shape index (κ2) is 4.73. The molecule has 3 nitrogen and oxygen atoms in total.